The van der Waals surface area contributed by atoms with E-state index in [9.17, 15) is 4.79 Å². The van der Waals surface area contributed by atoms with E-state index < -0.39 is 0 Å². The van der Waals surface area contributed by atoms with Crippen molar-refractivity contribution in [2.24, 2.45) is 0 Å². The molecular weight excluding hydrogens is 318 g/mol. The average molecular weight is 340 g/mol. The maximum Gasteiger partial charge on any atom is 0.164 e. The van der Waals surface area contributed by atoms with Crippen LogP contribution in [-0.4, -0.2) is 41.5 Å². The summed E-state index contributed by atoms with van der Waals surface area (Å²) in [5.41, 5.74) is 0.791. The van der Waals surface area contributed by atoms with Crippen LogP contribution in [0.2, 0.25) is 0 Å². The second-order valence-electron chi connectivity index (χ2n) is 5.38. The number of ketones is 1. The van der Waals surface area contributed by atoms with Gasteiger partial charge in [0.1, 0.15) is 0 Å². The number of Topliss-reactive ketones (excluding diaryl/α,β-unsaturated/α-hetero) is 1. The van der Waals surface area contributed by atoms with Crippen LogP contribution in [0.5, 0.6) is 0 Å². The Morgan fingerprint density at radius 1 is 1.35 bits per heavy atom. The van der Waals surface area contributed by atoms with Crippen LogP contribution in [0.4, 0.5) is 0 Å². The lowest BCUT2D eigenvalue weighted by atomic mass is 10.1. The van der Waals surface area contributed by atoms with Crippen LogP contribution in [0.15, 0.2) is 28.7 Å². The highest BCUT2D eigenvalue weighted by molar-refractivity contribution is 9.10. The molecule has 4 heteroatoms. The third kappa shape index (κ3) is 4.40. The second-order valence-corrected chi connectivity index (χ2v) is 6.29. The van der Waals surface area contributed by atoms with Gasteiger partial charge in [-0.3, -0.25) is 9.69 Å². The lowest BCUT2D eigenvalue weighted by Crippen LogP contribution is -2.31. The molecule has 0 aromatic heterocycles. The molecule has 20 heavy (non-hydrogen) atoms. The molecule has 3 nitrogen and oxygen atoms in total. The minimum Gasteiger partial charge on any atom is -0.396 e. The zero-order valence-corrected chi connectivity index (χ0v) is 13.3. The molecule has 1 aromatic rings. The maximum atomic E-state index is 12.2. The number of aliphatic hydroxyl groups is 1. The van der Waals surface area contributed by atoms with E-state index in [1.807, 2.05) is 24.3 Å². The van der Waals surface area contributed by atoms with Gasteiger partial charge in [-0.2, -0.15) is 0 Å². The monoisotopic (exact) mass is 339 g/mol. The van der Waals surface area contributed by atoms with E-state index in [-0.39, 0.29) is 12.4 Å². The number of likely N-dealkylation sites (tertiary alicyclic amines) is 1. The molecular formula is C16H22BrNO2. The van der Waals surface area contributed by atoms with Crippen molar-refractivity contribution in [1.29, 1.82) is 0 Å². The molecule has 0 saturated carbocycles. The lowest BCUT2D eigenvalue weighted by molar-refractivity contribution is 0.0958. The van der Waals surface area contributed by atoms with Gasteiger partial charge < -0.3 is 5.11 Å². The normalized spacial score (nSPS) is 19.4. The Hall–Kier alpha value is -0.710. The molecule has 0 radical (unpaired) electrons. The van der Waals surface area contributed by atoms with Gasteiger partial charge in [0.15, 0.2) is 5.78 Å². The quantitative estimate of drug-likeness (QED) is 0.775. The summed E-state index contributed by atoms with van der Waals surface area (Å²) < 4.78 is 0.998. The summed E-state index contributed by atoms with van der Waals surface area (Å²) in [6.45, 7) is 2.19. The van der Waals surface area contributed by atoms with Gasteiger partial charge in [0, 0.05) is 35.7 Å². The van der Waals surface area contributed by atoms with Crippen molar-refractivity contribution in [3.8, 4) is 0 Å². The van der Waals surface area contributed by atoms with Crippen molar-refractivity contribution in [2.45, 2.75) is 38.1 Å². The van der Waals surface area contributed by atoms with Crippen molar-refractivity contribution < 1.29 is 9.90 Å². The SMILES string of the molecule is O=C(CCN1CCCC1CCCO)c1ccc(Br)cc1. The Morgan fingerprint density at radius 2 is 2.10 bits per heavy atom. The molecule has 110 valence electrons. The van der Waals surface area contributed by atoms with Gasteiger partial charge >= 0.3 is 0 Å². The number of aliphatic hydroxyl groups excluding tert-OH is 1. The van der Waals surface area contributed by atoms with Gasteiger partial charge in [0.05, 0.1) is 0 Å². The highest BCUT2D eigenvalue weighted by atomic mass is 79.9. The number of nitrogens with zero attached hydrogens (tertiary/aromatic N) is 1. The molecule has 2 rings (SSSR count). The highest BCUT2D eigenvalue weighted by Crippen LogP contribution is 2.22. The van der Waals surface area contributed by atoms with Gasteiger partial charge in [-0.05, 0) is 44.4 Å². The summed E-state index contributed by atoms with van der Waals surface area (Å²) in [4.78, 5) is 14.6. The number of carbonyl (C=O) groups excluding carboxylic acids is 1. The van der Waals surface area contributed by atoms with Crippen molar-refractivity contribution in [3.05, 3.63) is 34.3 Å². The number of benzene rings is 1. The summed E-state index contributed by atoms with van der Waals surface area (Å²) >= 11 is 3.38. The van der Waals surface area contributed by atoms with Crippen LogP contribution in [-0.2, 0) is 0 Å². The van der Waals surface area contributed by atoms with E-state index >= 15 is 0 Å². The van der Waals surface area contributed by atoms with Crippen molar-refractivity contribution in [1.82, 2.24) is 4.90 Å². The number of carbonyl (C=O) groups is 1. The number of hydrogen-bond acceptors (Lipinski definition) is 3. The Balaban J connectivity index is 1.81. The van der Waals surface area contributed by atoms with E-state index in [4.69, 9.17) is 5.11 Å². The summed E-state index contributed by atoms with van der Waals surface area (Å²) in [5, 5.41) is 8.93. The lowest BCUT2D eigenvalue weighted by Gasteiger charge is -2.23. The van der Waals surface area contributed by atoms with E-state index in [1.165, 1.54) is 12.8 Å². The molecule has 0 bridgehead atoms. The first-order valence-corrected chi connectivity index (χ1v) is 8.13. The Kier molecular flexibility index (Phi) is 6.20. The molecule has 1 aliphatic rings. The molecule has 1 unspecified atom stereocenters. The summed E-state index contributed by atoms with van der Waals surface area (Å²) in [5.74, 6) is 0.213. The Morgan fingerprint density at radius 3 is 2.80 bits per heavy atom. The van der Waals surface area contributed by atoms with E-state index in [1.54, 1.807) is 0 Å². The minimum atomic E-state index is 0.213. The molecule has 0 amide bonds. The zero-order valence-electron chi connectivity index (χ0n) is 11.7. The van der Waals surface area contributed by atoms with Crippen LogP contribution < -0.4 is 0 Å². The fraction of sp³-hybridized carbons (Fsp3) is 0.562. The molecule has 1 N–H and O–H groups in total. The summed E-state index contributed by atoms with van der Waals surface area (Å²) in [6, 6.07) is 8.12. The van der Waals surface area contributed by atoms with Crippen LogP contribution in [0.25, 0.3) is 0 Å². The fourth-order valence-corrected chi connectivity index (χ4v) is 3.13. The molecule has 1 fully saturated rings. The summed E-state index contributed by atoms with van der Waals surface area (Å²) in [6.07, 6.45) is 4.90. The second kappa shape index (κ2) is 7.91. The van der Waals surface area contributed by atoms with Crippen LogP contribution in [0, 0.1) is 0 Å². The largest absolute Gasteiger partial charge is 0.396 e. The smallest absolute Gasteiger partial charge is 0.164 e. The van der Waals surface area contributed by atoms with Gasteiger partial charge in [-0.25, -0.2) is 0 Å². The number of rotatable bonds is 7. The first kappa shape index (κ1) is 15.7. The van der Waals surface area contributed by atoms with Gasteiger partial charge in [-0.1, -0.05) is 28.1 Å². The van der Waals surface area contributed by atoms with Crippen molar-refractivity contribution in [3.63, 3.8) is 0 Å². The fourth-order valence-electron chi connectivity index (χ4n) is 2.87. The average Bonchev–Trinajstić information content (AvgIpc) is 2.90. The predicted octanol–water partition coefficient (Wildman–Crippen LogP) is 3.26. The molecule has 1 saturated heterocycles. The number of halogens is 1. The Bertz CT molecular complexity index is 433. The summed E-state index contributed by atoms with van der Waals surface area (Å²) in [7, 11) is 0. The first-order valence-electron chi connectivity index (χ1n) is 7.34. The molecule has 1 aromatic carbocycles. The molecule has 0 aliphatic carbocycles. The minimum absolute atomic E-state index is 0.213. The molecule has 1 heterocycles. The van der Waals surface area contributed by atoms with Crippen LogP contribution >= 0.6 is 15.9 Å². The van der Waals surface area contributed by atoms with Gasteiger partial charge in [0.2, 0.25) is 0 Å². The van der Waals surface area contributed by atoms with Crippen molar-refractivity contribution in [2.75, 3.05) is 19.7 Å². The first-order chi connectivity index (χ1) is 9.70. The highest BCUT2D eigenvalue weighted by Gasteiger charge is 2.24. The maximum absolute atomic E-state index is 12.2. The zero-order chi connectivity index (χ0) is 14.4. The van der Waals surface area contributed by atoms with Crippen LogP contribution in [0.1, 0.15) is 42.5 Å². The van der Waals surface area contributed by atoms with Gasteiger partial charge in [-0.15, -0.1) is 0 Å². The predicted molar refractivity (Wildman–Crippen MR) is 84.0 cm³/mol. The third-order valence-corrected chi connectivity index (χ3v) is 4.52. The molecule has 1 atom stereocenters. The third-order valence-electron chi connectivity index (χ3n) is 3.99. The van der Waals surface area contributed by atoms with Crippen LogP contribution in [0.3, 0.4) is 0 Å². The van der Waals surface area contributed by atoms with Gasteiger partial charge in [0.25, 0.3) is 0 Å². The van der Waals surface area contributed by atoms with E-state index in [0.29, 0.717) is 12.5 Å². The molecule has 1 aliphatic heterocycles. The Labute approximate surface area is 129 Å². The standard InChI is InChI=1S/C16H22BrNO2/c17-14-7-5-13(6-8-14)16(20)9-11-18-10-1-3-15(18)4-2-12-19/h5-8,15,19H,1-4,9-12H2. The topological polar surface area (TPSA) is 40.5 Å². The van der Waals surface area contributed by atoms with E-state index in [0.717, 1.165) is 36.0 Å². The molecule has 0 spiro atoms. The van der Waals surface area contributed by atoms with Crippen molar-refractivity contribution >= 4 is 21.7 Å². The number of hydrogen-bond donors (Lipinski definition) is 1. The van der Waals surface area contributed by atoms with E-state index in [2.05, 4.69) is 20.8 Å².